The molecule has 0 aliphatic carbocycles. The summed E-state index contributed by atoms with van der Waals surface area (Å²) in [4.78, 5) is 15.5. The van der Waals surface area contributed by atoms with Crippen molar-refractivity contribution in [3.63, 3.8) is 0 Å². The molecule has 0 aromatic rings. The van der Waals surface area contributed by atoms with Gasteiger partial charge in [-0.2, -0.15) is 5.26 Å². The van der Waals surface area contributed by atoms with Gasteiger partial charge in [0.1, 0.15) is 0 Å². The van der Waals surface area contributed by atoms with Crippen molar-refractivity contribution >= 4 is 5.91 Å². The Balaban J connectivity index is 2.34. The van der Waals surface area contributed by atoms with E-state index in [9.17, 15) is 4.79 Å². The Morgan fingerprint density at radius 3 is 2.47 bits per heavy atom. The van der Waals surface area contributed by atoms with Gasteiger partial charge in [-0.3, -0.25) is 9.69 Å². The predicted molar refractivity (Wildman–Crippen MR) is 58.2 cm³/mol. The fourth-order valence-corrected chi connectivity index (χ4v) is 1.83. The molecule has 0 radical (unpaired) electrons. The van der Waals surface area contributed by atoms with Crippen LogP contribution in [0.2, 0.25) is 0 Å². The highest BCUT2D eigenvalue weighted by Gasteiger charge is 2.16. The number of nitrogens with zero attached hydrogens (tertiary/aromatic N) is 3. The number of hydrogen-bond acceptors (Lipinski definition) is 3. The maximum Gasteiger partial charge on any atom is 0.236 e. The fourth-order valence-electron chi connectivity index (χ4n) is 1.83. The zero-order valence-corrected chi connectivity index (χ0v) is 9.41. The van der Waals surface area contributed by atoms with Crippen LogP contribution in [-0.4, -0.2) is 48.9 Å². The molecule has 0 spiro atoms. The molecule has 15 heavy (non-hydrogen) atoms. The standard InChI is InChI=1S/C11H19N3O/c1-13(9-6-12)10-11(15)14-7-4-2-3-5-8-14/h2-5,7-10H2,1H3. The summed E-state index contributed by atoms with van der Waals surface area (Å²) in [7, 11) is 1.80. The van der Waals surface area contributed by atoms with Crippen molar-refractivity contribution < 1.29 is 4.79 Å². The highest BCUT2D eigenvalue weighted by Crippen LogP contribution is 2.09. The first-order chi connectivity index (χ1) is 7.24. The molecule has 4 nitrogen and oxygen atoms in total. The van der Waals surface area contributed by atoms with Gasteiger partial charge in [-0.1, -0.05) is 12.8 Å². The summed E-state index contributed by atoms with van der Waals surface area (Å²) in [5.41, 5.74) is 0. The summed E-state index contributed by atoms with van der Waals surface area (Å²) < 4.78 is 0. The maximum absolute atomic E-state index is 11.8. The highest BCUT2D eigenvalue weighted by atomic mass is 16.2. The van der Waals surface area contributed by atoms with Gasteiger partial charge in [-0.15, -0.1) is 0 Å². The first kappa shape index (κ1) is 12.0. The van der Waals surface area contributed by atoms with E-state index in [1.54, 1.807) is 11.9 Å². The third-order valence-corrected chi connectivity index (χ3v) is 2.70. The SMILES string of the molecule is CN(CC#N)CC(=O)N1CCCCCC1. The van der Waals surface area contributed by atoms with Crippen LogP contribution < -0.4 is 0 Å². The van der Waals surface area contributed by atoms with Crippen LogP contribution in [0.1, 0.15) is 25.7 Å². The lowest BCUT2D eigenvalue weighted by Crippen LogP contribution is -2.39. The van der Waals surface area contributed by atoms with Crippen molar-refractivity contribution in [3.8, 4) is 6.07 Å². The van der Waals surface area contributed by atoms with Crippen molar-refractivity contribution in [1.82, 2.24) is 9.80 Å². The van der Waals surface area contributed by atoms with Gasteiger partial charge in [0.25, 0.3) is 0 Å². The number of likely N-dealkylation sites (tertiary alicyclic amines) is 1. The minimum atomic E-state index is 0.162. The Hall–Kier alpha value is -1.08. The first-order valence-electron chi connectivity index (χ1n) is 5.57. The Labute approximate surface area is 91.5 Å². The number of carbonyl (C=O) groups is 1. The Morgan fingerprint density at radius 2 is 1.93 bits per heavy atom. The van der Waals surface area contributed by atoms with Crippen LogP contribution in [0.4, 0.5) is 0 Å². The molecule has 1 amide bonds. The van der Waals surface area contributed by atoms with Gasteiger partial charge in [0.15, 0.2) is 0 Å². The van der Waals surface area contributed by atoms with Gasteiger partial charge in [-0.25, -0.2) is 0 Å². The molecule has 1 fully saturated rings. The number of amides is 1. The lowest BCUT2D eigenvalue weighted by Gasteiger charge is -2.22. The number of rotatable bonds is 3. The van der Waals surface area contributed by atoms with Crippen molar-refractivity contribution in [1.29, 1.82) is 5.26 Å². The Kier molecular flexibility index (Phi) is 5.13. The fraction of sp³-hybridized carbons (Fsp3) is 0.818. The van der Waals surface area contributed by atoms with Crippen LogP contribution in [0, 0.1) is 11.3 Å². The monoisotopic (exact) mass is 209 g/mol. The normalized spacial score (nSPS) is 17.3. The molecule has 1 aliphatic heterocycles. The molecule has 0 unspecified atom stereocenters. The lowest BCUT2D eigenvalue weighted by molar-refractivity contribution is -0.131. The molecule has 1 aliphatic rings. The second kappa shape index (κ2) is 6.41. The third-order valence-electron chi connectivity index (χ3n) is 2.70. The minimum absolute atomic E-state index is 0.162. The molecular weight excluding hydrogens is 190 g/mol. The van der Waals surface area contributed by atoms with Crippen LogP contribution >= 0.6 is 0 Å². The van der Waals surface area contributed by atoms with E-state index in [2.05, 4.69) is 0 Å². The van der Waals surface area contributed by atoms with Crippen molar-refractivity contribution in [3.05, 3.63) is 0 Å². The molecule has 1 saturated heterocycles. The summed E-state index contributed by atoms with van der Waals surface area (Å²) in [5.74, 6) is 0.162. The second-order valence-electron chi connectivity index (χ2n) is 4.13. The molecule has 0 bridgehead atoms. The summed E-state index contributed by atoms with van der Waals surface area (Å²) in [6, 6.07) is 2.04. The number of hydrogen-bond donors (Lipinski definition) is 0. The molecule has 0 N–H and O–H groups in total. The smallest absolute Gasteiger partial charge is 0.236 e. The first-order valence-corrected chi connectivity index (χ1v) is 5.57. The van der Waals surface area contributed by atoms with E-state index in [0.29, 0.717) is 13.1 Å². The zero-order valence-electron chi connectivity index (χ0n) is 9.41. The van der Waals surface area contributed by atoms with E-state index in [-0.39, 0.29) is 5.91 Å². The van der Waals surface area contributed by atoms with Gasteiger partial charge in [0, 0.05) is 13.1 Å². The number of carbonyl (C=O) groups excluding carboxylic acids is 1. The molecular formula is C11H19N3O. The summed E-state index contributed by atoms with van der Waals surface area (Å²) in [5, 5.41) is 8.49. The van der Waals surface area contributed by atoms with E-state index >= 15 is 0 Å². The summed E-state index contributed by atoms with van der Waals surface area (Å²) >= 11 is 0. The van der Waals surface area contributed by atoms with Crippen LogP contribution in [0.15, 0.2) is 0 Å². The molecule has 1 rings (SSSR count). The topological polar surface area (TPSA) is 47.3 Å². The Bertz CT molecular complexity index is 239. The van der Waals surface area contributed by atoms with Crippen LogP contribution in [0.3, 0.4) is 0 Å². The van der Waals surface area contributed by atoms with Crippen molar-refractivity contribution in [2.75, 3.05) is 33.2 Å². The average Bonchev–Trinajstić information content (AvgIpc) is 2.45. The molecule has 1 heterocycles. The van der Waals surface area contributed by atoms with Gasteiger partial charge in [0.2, 0.25) is 5.91 Å². The van der Waals surface area contributed by atoms with Crippen molar-refractivity contribution in [2.45, 2.75) is 25.7 Å². The number of likely N-dealkylation sites (N-methyl/N-ethyl adjacent to an activating group) is 1. The van der Waals surface area contributed by atoms with Gasteiger partial charge in [-0.05, 0) is 19.9 Å². The van der Waals surface area contributed by atoms with E-state index in [1.807, 2.05) is 11.0 Å². The molecule has 0 aromatic carbocycles. The highest BCUT2D eigenvalue weighted by molar-refractivity contribution is 5.78. The molecule has 0 saturated carbocycles. The lowest BCUT2D eigenvalue weighted by atomic mass is 10.2. The minimum Gasteiger partial charge on any atom is -0.342 e. The van der Waals surface area contributed by atoms with Gasteiger partial charge >= 0.3 is 0 Å². The zero-order chi connectivity index (χ0) is 11.1. The largest absolute Gasteiger partial charge is 0.342 e. The third kappa shape index (κ3) is 4.30. The van der Waals surface area contributed by atoms with Gasteiger partial charge in [0.05, 0.1) is 19.2 Å². The van der Waals surface area contributed by atoms with E-state index in [0.717, 1.165) is 25.9 Å². The average molecular weight is 209 g/mol. The van der Waals surface area contributed by atoms with Gasteiger partial charge < -0.3 is 4.90 Å². The van der Waals surface area contributed by atoms with E-state index in [4.69, 9.17) is 5.26 Å². The maximum atomic E-state index is 11.8. The molecule has 84 valence electrons. The van der Waals surface area contributed by atoms with Crippen molar-refractivity contribution in [2.24, 2.45) is 0 Å². The van der Waals surface area contributed by atoms with Crippen LogP contribution in [-0.2, 0) is 4.79 Å². The Morgan fingerprint density at radius 1 is 1.33 bits per heavy atom. The second-order valence-corrected chi connectivity index (χ2v) is 4.13. The quantitative estimate of drug-likeness (QED) is 0.647. The number of nitriles is 1. The molecule has 0 atom stereocenters. The van der Waals surface area contributed by atoms with Crippen LogP contribution in [0.5, 0.6) is 0 Å². The molecule has 4 heteroatoms. The summed E-state index contributed by atoms with van der Waals surface area (Å²) in [6.45, 7) is 2.46. The predicted octanol–water partition coefficient (Wildman–Crippen LogP) is 0.844. The van der Waals surface area contributed by atoms with E-state index < -0.39 is 0 Å². The van der Waals surface area contributed by atoms with Crippen LogP contribution in [0.25, 0.3) is 0 Å². The van der Waals surface area contributed by atoms with E-state index in [1.165, 1.54) is 12.8 Å². The molecule has 0 aromatic heterocycles. The summed E-state index contributed by atoms with van der Waals surface area (Å²) in [6.07, 6.45) is 4.71.